The van der Waals surface area contributed by atoms with E-state index >= 15 is 0 Å². The summed E-state index contributed by atoms with van der Waals surface area (Å²) in [6.07, 6.45) is 9.08. The van der Waals surface area contributed by atoms with Crippen molar-refractivity contribution < 1.29 is 4.79 Å². The zero-order valence-corrected chi connectivity index (χ0v) is 13.6. The summed E-state index contributed by atoms with van der Waals surface area (Å²) in [6, 6.07) is 0. The maximum absolute atomic E-state index is 11.9. The van der Waals surface area contributed by atoms with Crippen LogP contribution in [0.25, 0.3) is 0 Å². The summed E-state index contributed by atoms with van der Waals surface area (Å²) in [4.78, 5) is 11.9. The van der Waals surface area contributed by atoms with Gasteiger partial charge in [-0.1, -0.05) is 26.2 Å². The Labute approximate surface area is 128 Å². The van der Waals surface area contributed by atoms with E-state index in [1.807, 2.05) is 11.8 Å². The molecule has 3 nitrogen and oxygen atoms in total. The van der Waals surface area contributed by atoms with E-state index in [0.717, 1.165) is 31.5 Å². The van der Waals surface area contributed by atoms with Crippen molar-refractivity contribution in [1.29, 1.82) is 0 Å². The van der Waals surface area contributed by atoms with Crippen LogP contribution < -0.4 is 10.6 Å². The number of carbonyl (C=O) groups excluding carboxylic acids is 1. The van der Waals surface area contributed by atoms with Gasteiger partial charge < -0.3 is 10.6 Å². The topological polar surface area (TPSA) is 41.1 Å². The van der Waals surface area contributed by atoms with Gasteiger partial charge in [0.25, 0.3) is 0 Å². The van der Waals surface area contributed by atoms with Gasteiger partial charge in [-0.2, -0.15) is 0 Å². The minimum Gasteiger partial charge on any atom is -0.355 e. The van der Waals surface area contributed by atoms with Gasteiger partial charge in [0.15, 0.2) is 0 Å². The van der Waals surface area contributed by atoms with E-state index < -0.39 is 0 Å². The van der Waals surface area contributed by atoms with Crippen LogP contribution in [0.1, 0.15) is 51.9 Å². The third-order valence-electron chi connectivity index (χ3n) is 4.87. The zero-order valence-electron chi connectivity index (χ0n) is 12.8. The monoisotopic (exact) mass is 298 g/mol. The minimum atomic E-state index is 0.242. The molecule has 1 saturated carbocycles. The van der Waals surface area contributed by atoms with Gasteiger partial charge in [0.1, 0.15) is 0 Å². The molecule has 0 radical (unpaired) electrons. The van der Waals surface area contributed by atoms with Crippen LogP contribution in [-0.2, 0) is 4.79 Å². The summed E-state index contributed by atoms with van der Waals surface area (Å²) >= 11 is 1.84. The lowest BCUT2D eigenvalue weighted by atomic mass is 9.81. The molecule has 2 fully saturated rings. The fraction of sp³-hybridized carbons (Fsp3) is 0.938. The molecule has 0 bridgehead atoms. The van der Waals surface area contributed by atoms with Crippen LogP contribution in [0.5, 0.6) is 0 Å². The Morgan fingerprint density at radius 2 is 1.75 bits per heavy atom. The smallest absolute Gasteiger partial charge is 0.230 e. The average molecular weight is 298 g/mol. The standard InChI is InChI=1S/C16H30N2OS/c1-2-13-3-5-14(6-4-13)11-18-16(19)12-20-15-7-9-17-10-8-15/h13-15,17H,2-12H2,1H3,(H,18,19). The molecule has 1 aliphatic heterocycles. The molecule has 0 atom stereocenters. The molecule has 4 heteroatoms. The predicted octanol–water partition coefficient (Wildman–Crippen LogP) is 2.80. The minimum absolute atomic E-state index is 0.242. The van der Waals surface area contributed by atoms with Gasteiger partial charge in [-0.05, 0) is 50.6 Å². The lowest BCUT2D eigenvalue weighted by Crippen LogP contribution is -2.34. The highest BCUT2D eigenvalue weighted by Gasteiger charge is 2.20. The molecule has 1 amide bonds. The Kier molecular flexibility index (Phi) is 7.22. The van der Waals surface area contributed by atoms with E-state index in [1.165, 1.54) is 44.9 Å². The van der Waals surface area contributed by atoms with Crippen LogP contribution in [0.3, 0.4) is 0 Å². The molecule has 2 aliphatic rings. The lowest BCUT2D eigenvalue weighted by molar-refractivity contribution is -0.118. The first-order valence-electron chi connectivity index (χ1n) is 8.37. The Morgan fingerprint density at radius 3 is 2.40 bits per heavy atom. The largest absolute Gasteiger partial charge is 0.355 e. The number of thioether (sulfide) groups is 1. The molecular formula is C16H30N2OS. The van der Waals surface area contributed by atoms with Gasteiger partial charge in [0.2, 0.25) is 5.91 Å². The normalized spacial score (nSPS) is 28.2. The summed E-state index contributed by atoms with van der Waals surface area (Å²) < 4.78 is 0. The highest BCUT2D eigenvalue weighted by molar-refractivity contribution is 8.00. The first-order chi connectivity index (χ1) is 9.78. The number of piperidine rings is 1. The molecule has 2 N–H and O–H groups in total. The number of amides is 1. The fourth-order valence-electron chi connectivity index (χ4n) is 3.31. The van der Waals surface area contributed by atoms with Crippen molar-refractivity contribution >= 4 is 17.7 Å². The van der Waals surface area contributed by atoms with Crippen LogP contribution in [-0.4, -0.2) is 36.5 Å². The van der Waals surface area contributed by atoms with E-state index in [0.29, 0.717) is 11.0 Å². The maximum atomic E-state index is 11.9. The van der Waals surface area contributed by atoms with Crippen molar-refractivity contribution in [2.24, 2.45) is 11.8 Å². The van der Waals surface area contributed by atoms with Crippen molar-refractivity contribution in [2.45, 2.75) is 57.1 Å². The second-order valence-electron chi connectivity index (χ2n) is 6.36. The molecule has 0 aromatic heterocycles. The lowest BCUT2D eigenvalue weighted by Gasteiger charge is -2.28. The molecular weight excluding hydrogens is 268 g/mol. The number of hydrogen-bond donors (Lipinski definition) is 2. The van der Waals surface area contributed by atoms with Crippen LogP contribution in [0.2, 0.25) is 0 Å². The highest BCUT2D eigenvalue weighted by atomic mass is 32.2. The molecule has 0 unspecified atom stereocenters. The van der Waals surface area contributed by atoms with Crippen LogP contribution in [0.15, 0.2) is 0 Å². The molecule has 116 valence electrons. The van der Waals surface area contributed by atoms with E-state index in [9.17, 15) is 4.79 Å². The molecule has 20 heavy (non-hydrogen) atoms. The number of rotatable bonds is 6. The van der Waals surface area contributed by atoms with Gasteiger partial charge in [0.05, 0.1) is 5.75 Å². The summed E-state index contributed by atoms with van der Waals surface area (Å²) in [5.41, 5.74) is 0. The molecule has 2 rings (SSSR count). The Bertz CT molecular complexity index is 284. The average Bonchev–Trinajstić information content (AvgIpc) is 2.52. The van der Waals surface area contributed by atoms with E-state index in [2.05, 4.69) is 17.6 Å². The predicted molar refractivity (Wildman–Crippen MR) is 87.1 cm³/mol. The molecule has 0 spiro atoms. The third kappa shape index (κ3) is 5.65. The summed E-state index contributed by atoms with van der Waals surface area (Å²) in [5, 5.41) is 7.20. The maximum Gasteiger partial charge on any atom is 0.230 e. The zero-order chi connectivity index (χ0) is 14.2. The van der Waals surface area contributed by atoms with Crippen LogP contribution in [0.4, 0.5) is 0 Å². The van der Waals surface area contributed by atoms with Gasteiger partial charge in [0, 0.05) is 11.8 Å². The number of hydrogen-bond acceptors (Lipinski definition) is 3. The van der Waals surface area contributed by atoms with Gasteiger partial charge in [-0.15, -0.1) is 11.8 Å². The molecule has 1 saturated heterocycles. The Morgan fingerprint density at radius 1 is 1.10 bits per heavy atom. The Hall–Kier alpha value is -0.220. The fourth-order valence-corrected chi connectivity index (χ4v) is 4.37. The van der Waals surface area contributed by atoms with Crippen molar-refractivity contribution in [3.05, 3.63) is 0 Å². The van der Waals surface area contributed by atoms with E-state index in [4.69, 9.17) is 0 Å². The molecule has 0 aromatic rings. The number of nitrogens with one attached hydrogen (secondary N) is 2. The van der Waals surface area contributed by atoms with Crippen molar-refractivity contribution in [3.8, 4) is 0 Å². The second kappa shape index (κ2) is 8.93. The van der Waals surface area contributed by atoms with Crippen molar-refractivity contribution in [3.63, 3.8) is 0 Å². The molecule has 1 heterocycles. The quantitative estimate of drug-likeness (QED) is 0.792. The molecule has 0 aromatic carbocycles. The SMILES string of the molecule is CCC1CCC(CNC(=O)CSC2CCNCC2)CC1. The highest BCUT2D eigenvalue weighted by Crippen LogP contribution is 2.30. The van der Waals surface area contributed by atoms with E-state index in [-0.39, 0.29) is 5.91 Å². The van der Waals surface area contributed by atoms with Crippen LogP contribution >= 0.6 is 11.8 Å². The summed E-state index contributed by atoms with van der Waals surface area (Å²) in [7, 11) is 0. The number of carbonyl (C=O) groups is 1. The van der Waals surface area contributed by atoms with Gasteiger partial charge in [-0.25, -0.2) is 0 Å². The Balaban J connectivity index is 1.53. The second-order valence-corrected chi connectivity index (χ2v) is 7.65. The van der Waals surface area contributed by atoms with Crippen LogP contribution in [0, 0.1) is 11.8 Å². The first-order valence-corrected chi connectivity index (χ1v) is 9.41. The molecule has 1 aliphatic carbocycles. The van der Waals surface area contributed by atoms with Gasteiger partial charge >= 0.3 is 0 Å². The third-order valence-corrected chi connectivity index (χ3v) is 6.24. The van der Waals surface area contributed by atoms with E-state index in [1.54, 1.807) is 0 Å². The summed E-state index contributed by atoms with van der Waals surface area (Å²) in [6.45, 7) is 5.42. The first kappa shape index (κ1) is 16.2. The van der Waals surface area contributed by atoms with Crippen molar-refractivity contribution in [2.75, 3.05) is 25.4 Å². The van der Waals surface area contributed by atoms with Crippen molar-refractivity contribution in [1.82, 2.24) is 10.6 Å². The summed E-state index contributed by atoms with van der Waals surface area (Å²) in [5.74, 6) is 2.56. The van der Waals surface area contributed by atoms with Gasteiger partial charge in [-0.3, -0.25) is 4.79 Å².